The van der Waals surface area contributed by atoms with Gasteiger partial charge in [0.15, 0.2) is 0 Å². The Morgan fingerprint density at radius 3 is 2.12 bits per heavy atom. The van der Waals surface area contributed by atoms with Crippen molar-refractivity contribution in [1.82, 2.24) is 4.90 Å². The van der Waals surface area contributed by atoms with Crippen LogP contribution in [-0.2, 0) is 13.0 Å². The highest BCUT2D eigenvalue weighted by Gasteiger charge is 2.39. The smallest absolute Gasteiger partial charge is 0.0725 e. The van der Waals surface area contributed by atoms with Gasteiger partial charge in [-0.15, -0.1) is 0 Å². The quantitative estimate of drug-likeness (QED) is 0.464. The van der Waals surface area contributed by atoms with Crippen molar-refractivity contribution in [3.8, 4) is 0 Å². The zero-order chi connectivity index (χ0) is 16.8. The van der Waals surface area contributed by atoms with Crippen molar-refractivity contribution in [3.63, 3.8) is 0 Å². The van der Waals surface area contributed by atoms with E-state index in [0.717, 1.165) is 25.8 Å². The molecule has 3 rings (SSSR count). The van der Waals surface area contributed by atoms with Crippen molar-refractivity contribution < 1.29 is 0 Å². The summed E-state index contributed by atoms with van der Waals surface area (Å²) < 4.78 is 0. The number of hydrogen-bond donors (Lipinski definition) is 0. The molecule has 1 heteroatoms. The Kier molecular flexibility index (Phi) is 5.53. The van der Waals surface area contributed by atoms with Crippen LogP contribution in [0.4, 0.5) is 0 Å². The van der Waals surface area contributed by atoms with Crippen molar-refractivity contribution in [3.05, 3.63) is 95.2 Å². The number of rotatable bonds is 7. The van der Waals surface area contributed by atoms with Gasteiger partial charge in [-0.05, 0) is 44.2 Å². The van der Waals surface area contributed by atoms with Crippen LogP contribution in [0.3, 0.4) is 0 Å². The van der Waals surface area contributed by atoms with Gasteiger partial charge in [0.25, 0.3) is 0 Å². The number of aryl methyl sites for hydroxylation is 1. The molecule has 124 valence electrons. The summed E-state index contributed by atoms with van der Waals surface area (Å²) in [5, 5.41) is 0. The molecule has 2 aromatic rings. The third-order valence-corrected chi connectivity index (χ3v) is 4.61. The summed E-state index contributed by atoms with van der Waals surface area (Å²) in [7, 11) is 0. The van der Waals surface area contributed by atoms with Crippen molar-refractivity contribution >= 4 is 0 Å². The fourth-order valence-electron chi connectivity index (χ4n) is 3.35. The van der Waals surface area contributed by atoms with Gasteiger partial charge in [0, 0.05) is 12.2 Å². The van der Waals surface area contributed by atoms with Crippen LogP contribution in [0, 0.1) is 0 Å². The van der Waals surface area contributed by atoms with Crippen molar-refractivity contribution in [2.45, 2.75) is 45.7 Å². The molecule has 1 fully saturated rings. The number of allylic oxidation sites excluding steroid dienone is 2. The molecule has 2 aromatic carbocycles. The average Bonchev–Trinajstić information content (AvgIpc) is 3.29. The molecule has 0 spiro atoms. The Morgan fingerprint density at radius 1 is 0.875 bits per heavy atom. The Morgan fingerprint density at radius 2 is 1.50 bits per heavy atom. The molecule has 0 aliphatic carbocycles. The Labute approximate surface area is 146 Å². The largest absolute Gasteiger partial charge is 0.360 e. The van der Waals surface area contributed by atoms with Crippen LogP contribution in [0.5, 0.6) is 0 Å². The molecule has 1 unspecified atom stereocenters. The summed E-state index contributed by atoms with van der Waals surface area (Å²) in [4.78, 5) is 2.53. The van der Waals surface area contributed by atoms with Gasteiger partial charge in [0.05, 0.1) is 6.04 Å². The minimum absolute atomic E-state index is 0.600. The van der Waals surface area contributed by atoms with Crippen molar-refractivity contribution in [1.29, 1.82) is 0 Å². The SMILES string of the molecule is CC(C)=C1C(C/C=C/CCc2ccccc2)N1Cc1ccccc1. The fourth-order valence-corrected chi connectivity index (χ4v) is 3.35. The van der Waals surface area contributed by atoms with E-state index >= 15 is 0 Å². The highest BCUT2D eigenvalue weighted by molar-refractivity contribution is 5.33. The maximum Gasteiger partial charge on any atom is 0.0725 e. The van der Waals surface area contributed by atoms with E-state index < -0.39 is 0 Å². The molecule has 24 heavy (non-hydrogen) atoms. The minimum atomic E-state index is 0.600. The molecule has 1 aliphatic heterocycles. The Bertz CT molecular complexity index is 693. The van der Waals surface area contributed by atoms with E-state index in [1.807, 2.05) is 0 Å². The van der Waals surface area contributed by atoms with Crippen LogP contribution in [0.2, 0.25) is 0 Å². The van der Waals surface area contributed by atoms with Gasteiger partial charge >= 0.3 is 0 Å². The lowest BCUT2D eigenvalue weighted by Gasteiger charge is -2.03. The number of hydrogen-bond acceptors (Lipinski definition) is 1. The van der Waals surface area contributed by atoms with Crippen LogP contribution in [-0.4, -0.2) is 10.9 Å². The molecule has 1 nitrogen and oxygen atoms in total. The third kappa shape index (κ3) is 4.38. The normalized spacial score (nSPS) is 16.7. The van der Waals surface area contributed by atoms with Gasteiger partial charge < -0.3 is 4.90 Å². The maximum absolute atomic E-state index is 2.53. The highest BCUT2D eigenvalue weighted by Crippen LogP contribution is 2.39. The van der Waals surface area contributed by atoms with Crippen LogP contribution in [0.1, 0.15) is 37.8 Å². The first-order valence-corrected chi connectivity index (χ1v) is 8.92. The molecule has 0 amide bonds. The molecule has 0 saturated carbocycles. The summed E-state index contributed by atoms with van der Waals surface area (Å²) in [5.74, 6) is 0. The van der Waals surface area contributed by atoms with Crippen LogP contribution in [0.15, 0.2) is 84.1 Å². The monoisotopic (exact) mass is 317 g/mol. The molecule has 1 atom stereocenters. The summed E-state index contributed by atoms with van der Waals surface area (Å²) >= 11 is 0. The molecular weight excluding hydrogens is 290 g/mol. The topological polar surface area (TPSA) is 3.01 Å². The molecular formula is C23H27N. The Hall–Kier alpha value is -2.28. The van der Waals surface area contributed by atoms with E-state index in [0.29, 0.717) is 6.04 Å². The van der Waals surface area contributed by atoms with Crippen LogP contribution in [0.25, 0.3) is 0 Å². The summed E-state index contributed by atoms with van der Waals surface area (Å²) in [6.07, 6.45) is 8.09. The second kappa shape index (κ2) is 8.01. The second-order valence-electron chi connectivity index (χ2n) is 6.75. The van der Waals surface area contributed by atoms with E-state index in [-0.39, 0.29) is 0 Å². The Balaban J connectivity index is 1.49. The minimum Gasteiger partial charge on any atom is -0.360 e. The summed E-state index contributed by atoms with van der Waals surface area (Å²) in [6.45, 7) is 5.49. The zero-order valence-corrected chi connectivity index (χ0v) is 14.8. The first-order valence-electron chi connectivity index (χ1n) is 8.92. The fraction of sp³-hybridized carbons (Fsp3) is 0.304. The van der Waals surface area contributed by atoms with E-state index in [4.69, 9.17) is 0 Å². The third-order valence-electron chi connectivity index (χ3n) is 4.61. The van der Waals surface area contributed by atoms with Gasteiger partial charge in [0.2, 0.25) is 0 Å². The summed E-state index contributed by atoms with van der Waals surface area (Å²) in [6, 6.07) is 22.1. The van der Waals surface area contributed by atoms with E-state index in [2.05, 4.69) is 91.6 Å². The van der Waals surface area contributed by atoms with Crippen molar-refractivity contribution in [2.24, 2.45) is 0 Å². The summed E-state index contributed by atoms with van der Waals surface area (Å²) in [5.41, 5.74) is 5.80. The number of nitrogens with zero attached hydrogens (tertiary/aromatic N) is 1. The first-order chi connectivity index (χ1) is 11.8. The van der Waals surface area contributed by atoms with Gasteiger partial charge in [-0.25, -0.2) is 0 Å². The maximum atomic E-state index is 2.53. The molecule has 1 aliphatic rings. The van der Waals surface area contributed by atoms with E-state index in [1.54, 1.807) is 0 Å². The second-order valence-corrected chi connectivity index (χ2v) is 6.75. The zero-order valence-electron chi connectivity index (χ0n) is 14.8. The van der Waals surface area contributed by atoms with Gasteiger partial charge in [-0.3, -0.25) is 0 Å². The lowest BCUT2D eigenvalue weighted by molar-refractivity contribution is 0.513. The molecule has 0 bridgehead atoms. The van der Waals surface area contributed by atoms with Gasteiger partial charge in [-0.1, -0.05) is 78.4 Å². The molecule has 0 N–H and O–H groups in total. The highest BCUT2D eigenvalue weighted by atomic mass is 15.3. The van der Waals surface area contributed by atoms with E-state index in [1.165, 1.54) is 22.4 Å². The van der Waals surface area contributed by atoms with Crippen LogP contribution < -0.4 is 0 Å². The lowest BCUT2D eigenvalue weighted by Crippen LogP contribution is -2.01. The molecule has 1 heterocycles. The van der Waals surface area contributed by atoms with Gasteiger partial charge in [-0.2, -0.15) is 0 Å². The first kappa shape index (κ1) is 16.6. The molecule has 0 radical (unpaired) electrons. The predicted octanol–water partition coefficient (Wildman–Crippen LogP) is 5.74. The molecule has 1 saturated heterocycles. The standard InChI is InChI=1S/C23H27N/c1-19(2)23-22(24(23)18-21-15-9-4-10-16-21)17-11-5-8-14-20-12-6-3-7-13-20/h3-7,9-13,15-16,22H,8,14,17-18H2,1-2H3/b11-5+. The van der Waals surface area contributed by atoms with Gasteiger partial charge in [0.1, 0.15) is 0 Å². The van der Waals surface area contributed by atoms with E-state index in [9.17, 15) is 0 Å². The molecule has 0 aromatic heterocycles. The predicted molar refractivity (Wildman–Crippen MR) is 103 cm³/mol. The average molecular weight is 317 g/mol. The lowest BCUT2D eigenvalue weighted by atomic mass is 10.1. The van der Waals surface area contributed by atoms with Crippen molar-refractivity contribution in [2.75, 3.05) is 0 Å². The number of benzene rings is 2. The van der Waals surface area contributed by atoms with Crippen LogP contribution >= 0.6 is 0 Å².